The van der Waals surface area contributed by atoms with Gasteiger partial charge in [0.2, 0.25) is 5.91 Å². The molecule has 1 saturated heterocycles. The Balaban J connectivity index is 1.51. The zero-order valence-electron chi connectivity index (χ0n) is 14.0. The largest absolute Gasteiger partial charge is 0.352 e. The van der Waals surface area contributed by atoms with Crippen LogP contribution in [0.1, 0.15) is 28.8 Å². The minimum Gasteiger partial charge on any atom is -0.352 e. The van der Waals surface area contributed by atoms with Gasteiger partial charge in [-0.25, -0.2) is 0 Å². The van der Waals surface area contributed by atoms with Crippen LogP contribution in [0.3, 0.4) is 0 Å². The lowest BCUT2D eigenvalue weighted by Gasteiger charge is -2.21. The summed E-state index contributed by atoms with van der Waals surface area (Å²) in [5.41, 5.74) is 2.26. The van der Waals surface area contributed by atoms with Crippen LogP contribution in [0.5, 0.6) is 0 Å². The number of hydrogen-bond acceptors (Lipinski definition) is 4. The van der Waals surface area contributed by atoms with Crippen molar-refractivity contribution in [2.75, 3.05) is 18.4 Å². The van der Waals surface area contributed by atoms with Gasteiger partial charge >= 0.3 is 0 Å². The van der Waals surface area contributed by atoms with E-state index in [0.717, 1.165) is 31.5 Å². The molecule has 0 aliphatic carbocycles. The number of piperidine rings is 1. The molecule has 1 aromatic carbocycles. The van der Waals surface area contributed by atoms with Crippen molar-refractivity contribution >= 4 is 17.5 Å². The number of anilines is 1. The minimum absolute atomic E-state index is 0.103. The first-order chi connectivity index (χ1) is 12.2. The van der Waals surface area contributed by atoms with E-state index in [0.29, 0.717) is 17.8 Å². The number of nitrogens with zero attached hydrogens (tertiary/aromatic N) is 1. The first kappa shape index (κ1) is 17.1. The molecule has 2 aromatic rings. The number of carbonyl (C=O) groups excluding carboxylic acids is 2. The van der Waals surface area contributed by atoms with E-state index in [1.54, 1.807) is 36.7 Å². The Labute approximate surface area is 147 Å². The average molecular weight is 338 g/mol. The van der Waals surface area contributed by atoms with Crippen LogP contribution in [0, 0.1) is 5.92 Å². The lowest BCUT2D eigenvalue weighted by Crippen LogP contribution is -2.37. The van der Waals surface area contributed by atoms with Gasteiger partial charge in [-0.15, -0.1) is 0 Å². The van der Waals surface area contributed by atoms with Gasteiger partial charge in [0, 0.05) is 36.1 Å². The summed E-state index contributed by atoms with van der Waals surface area (Å²) >= 11 is 0. The predicted molar refractivity (Wildman–Crippen MR) is 96.1 cm³/mol. The number of rotatable bonds is 5. The van der Waals surface area contributed by atoms with Gasteiger partial charge in [0.25, 0.3) is 5.91 Å². The summed E-state index contributed by atoms with van der Waals surface area (Å²) in [5, 5.41) is 9.06. The minimum atomic E-state index is -0.170. The highest BCUT2D eigenvalue weighted by Gasteiger charge is 2.20. The van der Waals surface area contributed by atoms with Crippen molar-refractivity contribution in [2.24, 2.45) is 5.92 Å². The van der Waals surface area contributed by atoms with E-state index in [4.69, 9.17) is 0 Å². The van der Waals surface area contributed by atoms with E-state index in [2.05, 4.69) is 20.9 Å². The summed E-state index contributed by atoms with van der Waals surface area (Å²) in [5.74, 6) is 0.0455. The second kappa shape index (κ2) is 8.39. The van der Waals surface area contributed by atoms with Gasteiger partial charge in [0.15, 0.2) is 0 Å². The topological polar surface area (TPSA) is 83.1 Å². The highest BCUT2D eigenvalue weighted by Crippen LogP contribution is 2.13. The van der Waals surface area contributed by atoms with E-state index in [1.165, 1.54) is 0 Å². The number of carbonyl (C=O) groups is 2. The van der Waals surface area contributed by atoms with Crippen molar-refractivity contribution in [3.05, 3.63) is 59.9 Å². The fraction of sp³-hybridized carbons (Fsp3) is 0.316. The maximum absolute atomic E-state index is 12.2. The third-order valence-electron chi connectivity index (χ3n) is 4.33. The normalized spacial score (nSPS) is 14.7. The molecule has 1 aromatic heterocycles. The quantitative estimate of drug-likeness (QED) is 0.778. The predicted octanol–water partition coefficient (Wildman–Crippen LogP) is 1.95. The Kier molecular flexibility index (Phi) is 5.74. The molecule has 3 N–H and O–H groups in total. The first-order valence-corrected chi connectivity index (χ1v) is 8.51. The molecule has 0 saturated carbocycles. The SMILES string of the molecule is O=C(Nc1ccncc1)c1ccc(CNC(=O)C2CCNCC2)cc1. The average Bonchev–Trinajstić information content (AvgIpc) is 2.68. The number of aromatic nitrogens is 1. The zero-order chi connectivity index (χ0) is 17.5. The molecule has 6 heteroatoms. The Morgan fingerprint density at radius 1 is 1.04 bits per heavy atom. The van der Waals surface area contributed by atoms with E-state index >= 15 is 0 Å². The second-order valence-electron chi connectivity index (χ2n) is 6.13. The molecule has 2 heterocycles. The van der Waals surface area contributed by atoms with Crippen LogP contribution in [0.15, 0.2) is 48.8 Å². The van der Waals surface area contributed by atoms with Crippen LogP contribution in [-0.4, -0.2) is 29.9 Å². The molecule has 0 unspecified atom stereocenters. The Morgan fingerprint density at radius 2 is 1.72 bits per heavy atom. The van der Waals surface area contributed by atoms with Crippen LogP contribution in [0.2, 0.25) is 0 Å². The Bertz CT molecular complexity index is 710. The molecule has 0 spiro atoms. The maximum atomic E-state index is 12.2. The van der Waals surface area contributed by atoms with E-state index < -0.39 is 0 Å². The molecular formula is C19H22N4O2. The number of nitrogens with one attached hydrogen (secondary N) is 3. The molecule has 0 radical (unpaired) electrons. The molecule has 6 nitrogen and oxygen atoms in total. The van der Waals surface area contributed by atoms with E-state index in [1.807, 2.05) is 12.1 Å². The molecule has 25 heavy (non-hydrogen) atoms. The summed E-state index contributed by atoms with van der Waals surface area (Å²) in [6.45, 7) is 2.29. The molecule has 0 bridgehead atoms. The lowest BCUT2D eigenvalue weighted by molar-refractivity contribution is -0.125. The highest BCUT2D eigenvalue weighted by atomic mass is 16.2. The Morgan fingerprint density at radius 3 is 2.40 bits per heavy atom. The molecule has 1 aliphatic heterocycles. The van der Waals surface area contributed by atoms with Crippen LogP contribution >= 0.6 is 0 Å². The van der Waals surface area contributed by atoms with Crippen LogP contribution in [0.25, 0.3) is 0 Å². The van der Waals surface area contributed by atoms with Gasteiger partial charge < -0.3 is 16.0 Å². The van der Waals surface area contributed by atoms with Crippen molar-refractivity contribution < 1.29 is 9.59 Å². The fourth-order valence-electron chi connectivity index (χ4n) is 2.83. The second-order valence-corrected chi connectivity index (χ2v) is 6.13. The summed E-state index contributed by atoms with van der Waals surface area (Å²) in [7, 11) is 0. The third kappa shape index (κ3) is 4.87. The van der Waals surface area contributed by atoms with E-state index in [9.17, 15) is 9.59 Å². The number of amides is 2. The summed E-state index contributed by atoms with van der Waals surface area (Å²) in [6.07, 6.45) is 5.04. The van der Waals surface area contributed by atoms with Crippen molar-refractivity contribution in [1.82, 2.24) is 15.6 Å². The standard InChI is InChI=1S/C19H22N4O2/c24-18(16-5-9-20-10-6-16)22-13-14-1-3-15(4-2-14)19(25)23-17-7-11-21-12-8-17/h1-4,7-8,11-12,16,20H,5-6,9-10,13H2,(H,22,24)(H,21,23,25). The van der Waals surface area contributed by atoms with Gasteiger partial charge in [-0.3, -0.25) is 14.6 Å². The fourth-order valence-corrected chi connectivity index (χ4v) is 2.83. The monoisotopic (exact) mass is 338 g/mol. The zero-order valence-corrected chi connectivity index (χ0v) is 14.0. The third-order valence-corrected chi connectivity index (χ3v) is 4.33. The summed E-state index contributed by atoms with van der Waals surface area (Å²) in [4.78, 5) is 28.2. The van der Waals surface area contributed by atoms with Gasteiger partial charge in [-0.05, 0) is 55.8 Å². The Hall–Kier alpha value is -2.73. The van der Waals surface area contributed by atoms with Crippen molar-refractivity contribution in [3.63, 3.8) is 0 Å². The van der Waals surface area contributed by atoms with Crippen LogP contribution < -0.4 is 16.0 Å². The molecular weight excluding hydrogens is 316 g/mol. The molecule has 3 rings (SSSR count). The molecule has 1 aliphatic rings. The number of pyridine rings is 1. The lowest BCUT2D eigenvalue weighted by atomic mass is 9.97. The van der Waals surface area contributed by atoms with Crippen molar-refractivity contribution in [1.29, 1.82) is 0 Å². The maximum Gasteiger partial charge on any atom is 0.255 e. The summed E-state index contributed by atoms with van der Waals surface area (Å²) < 4.78 is 0. The first-order valence-electron chi connectivity index (χ1n) is 8.51. The highest BCUT2D eigenvalue weighted by molar-refractivity contribution is 6.04. The van der Waals surface area contributed by atoms with Crippen molar-refractivity contribution in [3.8, 4) is 0 Å². The number of benzene rings is 1. The van der Waals surface area contributed by atoms with Gasteiger partial charge in [0.1, 0.15) is 0 Å². The van der Waals surface area contributed by atoms with Crippen LogP contribution in [-0.2, 0) is 11.3 Å². The van der Waals surface area contributed by atoms with Gasteiger partial charge in [0.05, 0.1) is 0 Å². The van der Waals surface area contributed by atoms with Crippen molar-refractivity contribution in [2.45, 2.75) is 19.4 Å². The smallest absolute Gasteiger partial charge is 0.255 e. The molecule has 2 amide bonds. The van der Waals surface area contributed by atoms with Crippen LogP contribution in [0.4, 0.5) is 5.69 Å². The molecule has 0 atom stereocenters. The summed E-state index contributed by atoms with van der Waals surface area (Å²) in [6, 6.07) is 10.7. The molecule has 1 fully saturated rings. The van der Waals surface area contributed by atoms with Gasteiger partial charge in [-0.1, -0.05) is 12.1 Å². The van der Waals surface area contributed by atoms with E-state index in [-0.39, 0.29) is 17.7 Å². The number of hydrogen-bond donors (Lipinski definition) is 3. The molecule has 130 valence electrons. The van der Waals surface area contributed by atoms with Gasteiger partial charge in [-0.2, -0.15) is 0 Å².